The number of para-hydroxylation sites is 1. The number of aryl methyl sites for hydroxylation is 1. The zero-order chi connectivity index (χ0) is 19.8. The summed E-state index contributed by atoms with van der Waals surface area (Å²) in [6.07, 6.45) is 3.58. The number of nitrogens with zero attached hydrogens (tertiary/aromatic N) is 4. The lowest BCUT2D eigenvalue weighted by atomic mass is 9.81. The minimum atomic E-state index is -0.411. The van der Waals surface area contributed by atoms with Crippen LogP contribution in [0.2, 0.25) is 0 Å². The lowest BCUT2D eigenvalue weighted by Crippen LogP contribution is -2.43. The van der Waals surface area contributed by atoms with Crippen molar-refractivity contribution >= 4 is 11.6 Å². The lowest BCUT2D eigenvalue weighted by molar-refractivity contribution is -0.122. The molecule has 0 saturated carbocycles. The standard InChI is InChI=1S/C24H26N4O/c1-26-20(11-14-25-26)17-27-16-13-24(18-27)21-9-5-6-10-22(21)28(23(24)29)15-12-19-7-3-2-4-8-19/h2-11,14H,12-13,15-18H2,1H3. The molecule has 3 heterocycles. The molecule has 0 aliphatic carbocycles. The number of rotatable bonds is 5. The first kappa shape index (κ1) is 18.1. The van der Waals surface area contributed by atoms with Gasteiger partial charge in [-0.05, 0) is 36.1 Å². The first-order valence-corrected chi connectivity index (χ1v) is 10.3. The molecule has 1 aromatic heterocycles. The van der Waals surface area contributed by atoms with Gasteiger partial charge in [0.05, 0.1) is 11.1 Å². The fourth-order valence-electron chi connectivity index (χ4n) is 4.91. The molecular formula is C24H26N4O. The molecule has 1 amide bonds. The fraction of sp³-hybridized carbons (Fsp3) is 0.333. The van der Waals surface area contributed by atoms with E-state index in [-0.39, 0.29) is 5.91 Å². The fourth-order valence-corrected chi connectivity index (χ4v) is 4.91. The summed E-state index contributed by atoms with van der Waals surface area (Å²) in [7, 11) is 1.97. The van der Waals surface area contributed by atoms with Crippen LogP contribution in [0.1, 0.15) is 23.2 Å². The SMILES string of the molecule is Cn1nccc1CN1CCC2(C1)C(=O)N(CCc1ccccc1)c1ccccc12. The minimum absolute atomic E-state index is 0.266. The second-order valence-corrected chi connectivity index (χ2v) is 8.20. The average molecular weight is 386 g/mol. The van der Waals surface area contributed by atoms with Gasteiger partial charge < -0.3 is 4.90 Å². The number of carbonyl (C=O) groups is 1. The summed E-state index contributed by atoms with van der Waals surface area (Å²) < 4.78 is 1.92. The number of anilines is 1. The van der Waals surface area contributed by atoms with Crippen molar-refractivity contribution in [3.05, 3.63) is 83.7 Å². The Balaban J connectivity index is 1.39. The van der Waals surface area contributed by atoms with Crippen molar-refractivity contribution in [1.29, 1.82) is 0 Å². The Morgan fingerprint density at radius 1 is 1.03 bits per heavy atom. The van der Waals surface area contributed by atoms with E-state index in [1.54, 1.807) is 0 Å². The molecule has 5 heteroatoms. The third-order valence-corrected chi connectivity index (χ3v) is 6.49. The van der Waals surface area contributed by atoms with Crippen molar-refractivity contribution < 1.29 is 4.79 Å². The second-order valence-electron chi connectivity index (χ2n) is 8.20. The Labute approximate surface area is 171 Å². The Morgan fingerprint density at radius 3 is 2.62 bits per heavy atom. The van der Waals surface area contributed by atoms with Crippen LogP contribution in [0.4, 0.5) is 5.69 Å². The van der Waals surface area contributed by atoms with Gasteiger partial charge in [0.15, 0.2) is 0 Å². The molecule has 2 aromatic carbocycles. The topological polar surface area (TPSA) is 41.4 Å². The number of fused-ring (bicyclic) bond motifs is 2. The van der Waals surface area contributed by atoms with Gasteiger partial charge in [0, 0.05) is 45.1 Å². The molecule has 1 fully saturated rings. The van der Waals surface area contributed by atoms with E-state index >= 15 is 0 Å². The van der Waals surface area contributed by atoms with Gasteiger partial charge in [0.25, 0.3) is 0 Å². The van der Waals surface area contributed by atoms with Crippen LogP contribution >= 0.6 is 0 Å². The van der Waals surface area contributed by atoms with Crippen molar-refractivity contribution in [2.75, 3.05) is 24.5 Å². The van der Waals surface area contributed by atoms with Crippen LogP contribution < -0.4 is 4.90 Å². The van der Waals surface area contributed by atoms with Crippen molar-refractivity contribution in [1.82, 2.24) is 14.7 Å². The van der Waals surface area contributed by atoms with Gasteiger partial charge >= 0.3 is 0 Å². The molecule has 1 saturated heterocycles. The predicted octanol–water partition coefficient (Wildman–Crippen LogP) is 3.15. The van der Waals surface area contributed by atoms with E-state index in [4.69, 9.17) is 0 Å². The molecule has 5 rings (SSSR count). The average Bonchev–Trinajstić information content (AvgIpc) is 3.42. The van der Waals surface area contributed by atoms with E-state index < -0.39 is 5.41 Å². The van der Waals surface area contributed by atoms with Crippen LogP contribution in [0, 0.1) is 0 Å². The number of hydrogen-bond donors (Lipinski definition) is 0. The van der Waals surface area contributed by atoms with Crippen LogP contribution in [0.3, 0.4) is 0 Å². The molecule has 0 bridgehead atoms. The van der Waals surface area contributed by atoms with Crippen molar-refractivity contribution in [3.63, 3.8) is 0 Å². The monoisotopic (exact) mass is 386 g/mol. The van der Waals surface area contributed by atoms with Crippen molar-refractivity contribution in [2.45, 2.75) is 24.8 Å². The van der Waals surface area contributed by atoms with Crippen LogP contribution in [-0.4, -0.2) is 40.2 Å². The summed E-state index contributed by atoms with van der Waals surface area (Å²) in [5.41, 5.74) is 4.33. The number of benzene rings is 2. The number of likely N-dealkylation sites (tertiary alicyclic amines) is 1. The zero-order valence-electron chi connectivity index (χ0n) is 16.8. The van der Waals surface area contributed by atoms with Gasteiger partial charge in [0.2, 0.25) is 5.91 Å². The highest BCUT2D eigenvalue weighted by Crippen LogP contribution is 2.47. The quantitative estimate of drug-likeness (QED) is 0.676. The normalized spacial score (nSPS) is 21.3. The summed E-state index contributed by atoms with van der Waals surface area (Å²) in [6.45, 7) is 3.26. The largest absolute Gasteiger partial charge is 0.311 e. The van der Waals surface area contributed by atoms with E-state index in [0.717, 1.165) is 44.7 Å². The summed E-state index contributed by atoms with van der Waals surface area (Å²) in [5, 5.41) is 4.28. The molecule has 0 radical (unpaired) electrons. The lowest BCUT2D eigenvalue weighted by Gasteiger charge is -2.25. The molecule has 1 atom stereocenters. The first-order valence-electron chi connectivity index (χ1n) is 10.3. The molecule has 2 aliphatic rings. The molecule has 148 valence electrons. The summed E-state index contributed by atoms with van der Waals surface area (Å²) >= 11 is 0. The molecule has 29 heavy (non-hydrogen) atoms. The number of carbonyl (C=O) groups excluding carboxylic acids is 1. The minimum Gasteiger partial charge on any atom is -0.311 e. The third kappa shape index (κ3) is 3.06. The highest BCUT2D eigenvalue weighted by atomic mass is 16.2. The molecule has 1 spiro atoms. The molecule has 1 unspecified atom stereocenters. The van der Waals surface area contributed by atoms with E-state index in [0.29, 0.717) is 0 Å². The predicted molar refractivity (Wildman–Crippen MR) is 114 cm³/mol. The van der Waals surface area contributed by atoms with Crippen LogP contribution in [-0.2, 0) is 30.2 Å². The van der Waals surface area contributed by atoms with Gasteiger partial charge in [-0.3, -0.25) is 14.4 Å². The smallest absolute Gasteiger partial charge is 0.239 e. The maximum Gasteiger partial charge on any atom is 0.239 e. The van der Waals surface area contributed by atoms with E-state index in [1.807, 2.05) is 35.0 Å². The highest BCUT2D eigenvalue weighted by Gasteiger charge is 2.53. The number of amides is 1. The maximum absolute atomic E-state index is 13.7. The van der Waals surface area contributed by atoms with Gasteiger partial charge in [0.1, 0.15) is 0 Å². The molecule has 5 nitrogen and oxygen atoms in total. The molecule has 0 N–H and O–H groups in total. The van der Waals surface area contributed by atoms with Crippen molar-refractivity contribution in [3.8, 4) is 0 Å². The van der Waals surface area contributed by atoms with Gasteiger partial charge in [-0.15, -0.1) is 0 Å². The van der Waals surface area contributed by atoms with E-state index in [1.165, 1.54) is 16.8 Å². The number of hydrogen-bond acceptors (Lipinski definition) is 3. The zero-order valence-corrected chi connectivity index (χ0v) is 16.8. The summed E-state index contributed by atoms with van der Waals surface area (Å²) in [5.74, 6) is 0.266. The van der Waals surface area contributed by atoms with Crippen LogP contribution in [0.25, 0.3) is 0 Å². The maximum atomic E-state index is 13.7. The summed E-state index contributed by atoms with van der Waals surface area (Å²) in [4.78, 5) is 18.1. The molecule has 3 aromatic rings. The number of aromatic nitrogens is 2. The Kier molecular flexibility index (Phi) is 4.47. The van der Waals surface area contributed by atoms with Crippen LogP contribution in [0.5, 0.6) is 0 Å². The second kappa shape index (κ2) is 7.16. The van der Waals surface area contributed by atoms with Gasteiger partial charge in [-0.1, -0.05) is 48.5 Å². The van der Waals surface area contributed by atoms with Crippen molar-refractivity contribution in [2.24, 2.45) is 7.05 Å². The summed E-state index contributed by atoms with van der Waals surface area (Å²) in [6, 6.07) is 20.8. The van der Waals surface area contributed by atoms with Gasteiger partial charge in [-0.2, -0.15) is 5.10 Å². The van der Waals surface area contributed by atoms with E-state index in [9.17, 15) is 4.79 Å². The first-order chi connectivity index (χ1) is 14.2. The molecular weight excluding hydrogens is 360 g/mol. The Morgan fingerprint density at radius 2 is 1.83 bits per heavy atom. The Bertz CT molecular complexity index is 1030. The van der Waals surface area contributed by atoms with Gasteiger partial charge in [-0.25, -0.2) is 0 Å². The van der Waals surface area contributed by atoms with Crippen LogP contribution in [0.15, 0.2) is 66.9 Å². The van der Waals surface area contributed by atoms with E-state index in [2.05, 4.69) is 58.5 Å². The third-order valence-electron chi connectivity index (χ3n) is 6.49. The highest BCUT2D eigenvalue weighted by molar-refractivity contribution is 6.08. The Hall–Kier alpha value is -2.92. The molecule has 2 aliphatic heterocycles.